The highest BCUT2D eigenvalue weighted by Crippen LogP contribution is 2.30. The highest BCUT2D eigenvalue weighted by Gasteiger charge is 2.25. The summed E-state index contributed by atoms with van der Waals surface area (Å²) in [7, 11) is 0. The van der Waals surface area contributed by atoms with Crippen LogP contribution in [0.15, 0.2) is 24.3 Å². The van der Waals surface area contributed by atoms with Crippen LogP contribution in [0.2, 0.25) is 0 Å². The van der Waals surface area contributed by atoms with Crippen molar-refractivity contribution in [1.29, 1.82) is 0 Å². The van der Waals surface area contributed by atoms with Gasteiger partial charge in [-0.05, 0) is 30.5 Å². The molecule has 13 heavy (non-hydrogen) atoms. The van der Waals surface area contributed by atoms with E-state index < -0.39 is 0 Å². The number of benzene rings is 1. The van der Waals surface area contributed by atoms with Crippen molar-refractivity contribution >= 4 is 5.78 Å². The van der Waals surface area contributed by atoms with Crippen LogP contribution in [0.1, 0.15) is 30.7 Å². The summed E-state index contributed by atoms with van der Waals surface area (Å²) in [6, 6.07) is 6.26. The van der Waals surface area contributed by atoms with Crippen LogP contribution >= 0.6 is 0 Å². The number of hydrogen-bond acceptors (Lipinski definition) is 1. The fraction of sp³-hybridized carbons (Fsp3) is 0.364. The van der Waals surface area contributed by atoms with Crippen LogP contribution < -0.4 is 0 Å². The first kappa shape index (κ1) is 8.42. The van der Waals surface area contributed by atoms with Gasteiger partial charge in [-0.1, -0.05) is 12.1 Å². The second-order valence-corrected chi connectivity index (χ2v) is 3.46. The van der Waals surface area contributed by atoms with Crippen molar-refractivity contribution in [2.45, 2.75) is 25.2 Å². The third-order valence-electron chi connectivity index (χ3n) is 2.58. The summed E-state index contributed by atoms with van der Waals surface area (Å²) in [5, 5.41) is 0. The number of rotatable bonds is 1. The first-order chi connectivity index (χ1) is 6.27. The van der Waals surface area contributed by atoms with Crippen LogP contribution in [-0.2, 0) is 4.79 Å². The first-order valence-electron chi connectivity index (χ1n) is 4.55. The van der Waals surface area contributed by atoms with Crippen LogP contribution in [0.25, 0.3) is 0 Å². The van der Waals surface area contributed by atoms with Crippen LogP contribution in [0.5, 0.6) is 0 Å². The zero-order chi connectivity index (χ0) is 9.26. The van der Waals surface area contributed by atoms with Gasteiger partial charge in [0.05, 0.1) is 0 Å². The fourth-order valence-corrected chi connectivity index (χ4v) is 1.86. The molecule has 1 atom stereocenters. The fourth-order valence-electron chi connectivity index (χ4n) is 1.86. The average Bonchev–Trinajstić information content (AvgIpc) is 2.53. The van der Waals surface area contributed by atoms with E-state index in [1.807, 2.05) is 0 Å². The van der Waals surface area contributed by atoms with E-state index in [4.69, 9.17) is 0 Å². The Morgan fingerprint density at radius 3 is 2.46 bits per heavy atom. The lowest BCUT2D eigenvalue weighted by molar-refractivity contribution is -0.118. The third kappa shape index (κ3) is 1.62. The van der Waals surface area contributed by atoms with Crippen molar-refractivity contribution in [3.8, 4) is 0 Å². The van der Waals surface area contributed by atoms with Crippen molar-refractivity contribution in [2.75, 3.05) is 0 Å². The zero-order valence-electron chi connectivity index (χ0n) is 7.29. The summed E-state index contributed by atoms with van der Waals surface area (Å²) in [5.74, 6) is 0.0846. The Hall–Kier alpha value is -1.18. The Balaban J connectivity index is 2.25. The highest BCUT2D eigenvalue weighted by molar-refractivity contribution is 5.87. The van der Waals surface area contributed by atoms with Crippen molar-refractivity contribution < 1.29 is 9.18 Å². The molecule has 0 aliphatic heterocycles. The predicted molar refractivity (Wildman–Crippen MR) is 48.0 cm³/mol. The van der Waals surface area contributed by atoms with Crippen molar-refractivity contribution in [3.63, 3.8) is 0 Å². The molecular formula is C11H11FO. The molecule has 1 aliphatic rings. The number of carbonyl (C=O) groups excluding carboxylic acids is 1. The SMILES string of the molecule is O=C1CCC[C@H]1c1ccc(F)cc1. The van der Waals surface area contributed by atoms with Gasteiger partial charge in [-0.3, -0.25) is 4.79 Å². The Morgan fingerprint density at radius 2 is 1.92 bits per heavy atom. The number of carbonyl (C=O) groups is 1. The van der Waals surface area contributed by atoms with Crippen LogP contribution in [0, 0.1) is 5.82 Å². The van der Waals surface area contributed by atoms with Gasteiger partial charge in [0.1, 0.15) is 11.6 Å². The van der Waals surface area contributed by atoms with E-state index in [1.54, 1.807) is 12.1 Å². The standard InChI is InChI=1S/C11H11FO/c12-9-6-4-8(5-7-9)10-2-1-3-11(10)13/h4-7,10H,1-3H2/t10-/m0/s1. The van der Waals surface area contributed by atoms with Crippen LogP contribution in [-0.4, -0.2) is 5.78 Å². The third-order valence-corrected chi connectivity index (χ3v) is 2.58. The van der Waals surface area contributed by atoms with Gasteiger partial charge >= 0.3 is 0 Å². The average molecular weight is 178 g/mol. The second kappa shape index (κ2) is 3.29. The topological polar surface area (TPSA) is 17.1 Å². The number of hydrogen-bond donors (Lipinski definition) is 0. The Morgan fingerprint density at radius 1 is 1.23 bits per heavy atom. The molecule has 1 nitrogen and oxygen atoms in total. The minimum absolute atomic E-state index is 0.0283. The van der Waals surface area contributed by atoms with Gasteiger partial charge in [0.25, 0.3) is 0 Å². The summed E-state index contributed by atoms with van der Waals surface area (Å²) < 4.78 is 12.6. The molecule has 0 unspecified atom stereocenters. The van der Waals surface area contributed by atoms with Gasteiger partial charge in [-0.15, -0.1) is 0 Å². The molecular weight excluding hydrogens is 167 g/mol. The second-order valence-electron chi connectivity index (χ2n) is 3.46. The summed E-state index contributed by atoms with van der Waals surface area (Å²) in [5.41, 5.74) is 0.962. The van der Waals surface area contributed by atoms with Crippen molar-refractivity contribution in [2.24, 2.45) is 0 Å². The molecule has 1 fully saturated rings. The summed E-state index contributed by atoms with van der Waals surface area (Å²) in [6.07, 6.45) is 2.58. The van der Waals surface area contributed by atoms with Crippen LogP contribution in [0.3, 0.4) is 0 Å². The van der Waals surface area contributed by atoms with Gasteiger partial charge in [-0.2, -0.15) is 0 Å². The largest absolute Gasteiger partial charge is 0.299 e. The molecule has 68 valence electrons. The molecule has 1 aromatic rings. The molecule has 0 saturated heterocycles. The molecule has 1 aromatic carbocycles. The summed E-state index contributed by atoms with van der Waals surface area (Å²) in [6.45, 7) is 0. The van der Waals surface area contributed by atoms with Gasteiger partial charge in [0.2, 0.25) is 0 Å². The summed E-state index contributed by atoms with van der Waals surface area (Å²) in [4.78, 5) is 11.4. The maximum atomic E-state index is 12.6. The normalized spacial score (nSPS) is 22.2. The monoisotopic (exact) mass is 178 g/mol. The van der Waals surface area contributed by atoms with Gasteiger partial charge < -0.3 is 0 Å². The molecule has 0 aromatic heterocycles. The van der Waals surface area contributed by atoms with E-state index in [0.29, 0.717) is 12.2 Å². The molecule has 2 rings (SSSR count). The van der Waals surface area contributed by atoms with E-state index in [9.17, 15) is 9.18 Å². The molecule has 0 heterocycles. The lowest BCUT2D eigenvalue weighted by Crippen LogP contribution is -2.03. The van der Waals surface area contributed by atoms with Gasteiger partial charge in [0, 0.05) is 12.3 Å². The predicted octanol–water partition coefficient (Wildman–Crippen LogP) is 2.66. The van der Waals surface area contributed by atoms with Crippen molar-refractivity contribution in [1.82, 2.24) is 0 Å². The van der Waals surface area contributed by atoms with Crippen molar-refractivity contribution in [3.05, 3.63) is 35.6 Å². The lowest BCUT2D eigenvalue weighted by Gasteiger charge is -2.06. The summed E-state index contributed by atoms with van der Waals surface area (Å²) >= 11 is 0. The van der Waals surface area contributed by atoms with E-state index >= 15 is 0 Å². The number of ketones is 1. The number of Topliss-reactive ketones (excluding diaryl/α,β-unsaturated/α-hetero) is 1. The van der Waals surface area contributed by atoms with E-state index in [1.165, 1.54) is 12.1 Å². The van der Waals surface area contributed by atoms with Crippen LogP contribution in [0.4, 0.5) is 4.39 Å². The molecule has 0 N–H and O–H groups in total. The first-order valence-corrected chi connectivity index (χ1v) is 4.55. The zero-order valence-corrected chi connectivity index (χ0v) is 7.29. The van der Waals surface area contributed by atoms with Gasteiger partial charge in [-0.25, -0.2) is 4.39 Å². The molecule has 0 spiro atoms. The minimum Gasteiger partial charge on any atom is -0.299 e. The van der Waals surface area contributed by atoms with E-state index in [0.717, 1.165) is 18.4 Å². The smallest absolute Gasteiger partial charge is 0.140 e. The van der Waals surface area contributed by atoms with Gasteiger partial charge in [0.15, 0.2) is 0 Å². The quantitative estimate of drug-likeness (QED) is 0.646. The lowest BCUT2D eigenvalue weighted by atomic mass is 9.97. The number of halogens is 1. The Bertz CT molecular complexity index is 315. The molecule has 1 aliphatic carbocycles. The molecule has 1 saturated carbocycles. The minimum atomic E-state index is -0.241. The van der Waals surface area contributed by atoms with E-state index in [-0.39, 0.29) is 11.7 Å². The maximum Gasteiger partial charge on any atom is 0.140 e. The molecule has 0 amide bonds. The molecule has 0 radical (unpaired) electrons. The Kier molecular flexibility index (Phi) is 2.13. The van der Waals surface area contributed by atoms with E-state index in [2.05, 4.69) is 0 Å². The Labute approximate surface area is 76.6 Å². The molecule has 0 bridgehead atoms. The molecule has 2 heteroatoms. The maximum absolute atomic E-state index is 12.6. The highest BCUT2D eigenvalue weighted by atomic mass is 19.1.